The molecule has 2 aromatic carbocycles. The van der Waals surface area contributed by atoms with Crippen LogP contribution in [0.2, 0.25) is 0 Å². The van der Waals surface area contributed by atoms with Crippen molar-refractivity contribution in [2.75, 3.05) is 11.4 Å². The lowest BCUT2D eigenvalue weighted by molar-refractivity contribution is 0.482. The maximum absolute atomic E-state index is 5.05. The highest BCUT2D eigenvalue weighted by Gasteiger charge is 2.23. The second-order valence-corrected chi connectivity index (χ2v) is 8.75. The summed E-state index contributed by atoms with van der Waals surface area (Å²) in [6.45, 7) is 10.1. The van der Waals surface area contributed by atoms with Crippen molar-refractivity contribution in [3.63, 3.8) is 0 Å². The van der Waals surface area contributed by atoms with Gasteiger partial charge in [-0.1, -0.05) is 57.2 Å². The summed E-state index contributed by atoms with van der Waals surface area (Å²) in [6, 6.07) is 17.7. The lowest BCUT2D eigenvalue weighted by Crippen LogP contribution is -2.38. The lowest BCUT2D eigenvalue weighted by atomic mass is 9.86. The van der Waals surface area contributed by atoms with Crippen LogP contribution >= 0.6 is 12.4 Å². The summed E-state index contributed by atoms with van der Waals surface area (Å²) in [7, 11) is 0. The Hall–Kier alpha value is -2.13. The molecule has 1 aliphatic heterocycles. The molecular weight excluding hydrogens is 366 g/mol. The molecule has 0 N–H and O–H groups in total. The standard InChI is InChI=1S/C24H29N3.ClH/c1-17-9-7-8-16-27(17)23-20-10-5-6-11-21(20)25-22(26-23)18-12-14-19(15-13-18)24(2,3)4;/h5-6,10-15,17H,7-9,16H2,1-4H3;1H. The molecule has 3 nitrogen and oxygen atoms in total. The van der Waals surface area contributed by atoms with E-state index in [2.05, 4.69) is 81.1 Å². The molecule has 28 heavy (non-hydrogen) atoms. The number of piperidine rings is 1. The van der Waals surface area contributed by atoms with Crippen LogP contribution in [0.15, 0.2) is 48.5 Å². The van der Waals surface area contributed by atoms with E-state index in [1.165, 1.54) is 24.8 Å². The van der Waals surface area contributed by atoms with Crippen LogP contribution in [0.5, 0.6) is 0 Å². The molecule has 2 heterocycles. The fourth-order valence-corrected chi connectivity index (χ4v) is 3.94. The van der Waals surface area contributed by atoms with E-state index >= 15 is 0 Å². The molecule has 0 saturated carbocycles. The van der Waals surface area contributed by atoms with Crippen LogP contribution in [0.1, 0.15) is 52.5 Å². The van der Waals surface area contributed by atoms with Crippen molar-refractivity contribution in [3.05, 3.63) is 54.1 Å². The maximum Gasteiger partial charge on any atom is 0.162 e. The summed E-state index contributed by atoms with van der Waals surface area (Å²) >= 11 is 0. The molecule has 0 aliphatic carbocycles. The maximum atomic E-state index is 5.05. The topological polar surface area (TPSA) is 29.0 Å². The van der Waals surface area contributed by atoms with Gasteiger partial charge in [-0.3, -0.25) is 0 Å². The van der Waals surface area contributed by atoms with Gasteiger partial charge in [-0.05, 0) is 49.3 Å². The SMILES string of the molecule is CC1CCCCN1c1nc(-c2ccc(C(C)(C)C)cc2)nc2ccccc12.Cl. The van der Waals surface area contributed by atoms with E-state index in [1.54, 1.807) is 0 Å². The summed E-state index contributed by atoms with van der Waals surface area (Å²) in [5.41, 5.74) is 3.59. The van der Waals surface area contributed by atoms with E-state index in [0.29, 0.717) is 6.04 Å². The highest BCUT2D eigenvalue weighted by Crippen LogP contribution is 2.32. The number of aromatic nitrogens is 2. The van der Waals surface area contributed by atoms with Crippen molar-refractivity contribution in [1.82, 2.24) is 9.97 Å². The first kappa shape index (κ1) is 20.6. The number of rotatable bonds is 2. The molecule has 1 aromatic heterocycles. The van der Waals surface area contributed by atoms with Gasteiger partial charge in [0.1, 0.15) is 5.82 Å². The molecular formula is C24H30ClN3. The number of halogens is 1. The molecule has 148 valence electrons. The Bertz CT molecular complexity index is 944. The normalized spacial score (nSPS) is 17.4. The Morgan fingerprint density at radius 3 is 2.32 bits per heavy atom. The Morgan fingerprint density at radius 1 is 0.929 bits per heavy atom. The highest BCUT2D eigenvalue weighted by atomic mass is 35.5. The van der Waals surface area contributed by atoms with Gasteiger partial charge < -0.3 is 4.90 Å². The molecule has 0 amide bonds. The van der Waals surface area contributed by atoms with Gasteiger partial charge in [-0.15, -0.1) is 12.4 Å². The fourth-order valence-electron chi connectivity index (χ4n) is 3.94. The number of para-hydroxylation sites is 1. The van der Waals surface area contributed by atoms with Gasteiger partial charge >= 0.3 is 0 Å². The third-order valence-corrected chi connectivity index (χ3v) is 5.67. The zero-order valence-electron chi connectivity index (χ0n) is 17.3. The van der Waals surface area contributed by atoms with Gasteiger partial charge in [0.05, 0.1) is 5.52 Å². The first-order valence-electron chi connectivity index (χ1n) is 10.1. The molecule has 0 radical (unpaired) electrons. The van der Waals surface area contributed by atoms with Crippen molar-refractivity contribution in [2.24, 2.45) is 0 Å². The Balaban J connectivity index is 0.00000225. The van der Waals surface area contributed by atoms with Crippen LogP contribution in [0.4, 0.5) is 5.82 Å². The van der Waals surface area contributed by atoms with Crippen LogP contribution < -0.4 is 4.90 Å². The summed E-state index contributed by atoms with van der Waals surface area (Å²) in [5.74, 6) is 1.91. The van der Waals surface area contributed by atoms with Gasteiger partial charge in [0.25, 0.3) is 0 Å². The third kappa shape index (κ3) is 4.00. The largest absolute Gasteiger partial charge is 0.353 e. The van der Waals surface area contributed by atoms with Gasteiger partial charge in [-0.25, -0.2) is 9.97 Å². The van der Waals surface area contributed by atoms with E-state index in [1.807, 2.05) is 0 Å². The first-order valence-corrected chi connectivity index (χ1v) is 10.1. The van der Waals surface area contributed by atoms with Gasteiger partial charge in [0.2, 0.25) is 0 Å². The Kier molecular flexibility index (Phi) is 5.95. The summed E-state index contributed by atoms with van der Waals surface area (Å²) in [5, 5.41) is 1.15. The fraction of sp³-hybridized carbons (Fsp3) is 0.417. The average Bonchev–Trinajstić information content (AvgIpc) is 2.67. The molecule has 1 aliphatic rings. The molecule has 0 spiro atoms. The molecule has 1 saturated heterocycles. The van der Waals surface area contributed by atoms with E-state index < -0.39 is 0 Å². The van der Waals surface area contributed by atoms with Crippen molar-refractivity contribution < 1.29 is 0 Å². The molecule has 4 heteroatoms. The second-order valence-electron chi connectivity index (χ2n) is 8.75. The summed E-state index contributed by atoms with van der Waals surface area (Å²) < 4.78 is 0. The lowest BCUT2D eigenvalue weighted by Gasteiger charge is -2.35. The number of benzene rings is 2. The van der Waals surface area contributed by atoms with Gasteiger partial charge in [0, 0.05) is 23.5 Å². The molecule has 3 aromatic rings. The summed E-state index contributed by atoms with van der Waals surface area (Å²) in [6.07, 6.45) is 3.77. The van der Waals surface area contributed by atoms with Crippen molar-refractivity contribution in [3.8, 4) is 11.4 Å². The van der Waals surface area contributed by atoms with E-state index in [9.17, 15) is 0 Å². The zero-order valence-corrected chi connectivity index (χ0v) is 18.1. The smallest absolute Gasteiger partial charge is 0.162 e. The quantitative estimate of drug-likeness (QED) is 0.503. The number of fused-ring (bicyclic) bond motifs is 1. The second kappa shape index (κ2) is 8.08. The van der Waals surface area contributed by atoms with Crippen LogP contribution in [-0.2, 0) is 5.41 Å². The van der Waals surface area contributed by atoms with Crippen LogP contribution in [0.3, 0.4) is 0 Å². The monoisotopic (exact) mass is 395 g/mol. The summed E-state index contributed by atoms with van der Waals surface area (Å²) in [4.78, 5) is 12.4. The molecule has 1 unspecified atom stereocenters. The Labute approximate surface area is 174 Å². The molecule has 4 rings (SSSR count). The third-order valence-electron chi connectivity index (χ3n) is 5.67. The van der Waals surface area contributed by atoms with Gasteiger partial charge in [0.15, 0.2) is 5.82 Å². The first-order chi connectivity index (χ1) is 12.9. The van der Waals surface area contributed by atoms with Gasteiger partial charge in [-0.2, -0.15) is 0 Å². The Morgan fingerprint density at radius 2 is 1.64 bits per heavy atom. The average molecular weight is 396 g/mol. The van der Waals surface area contributed by atoms with Crippen LogP contribution in [-0.4, -0.2) is 22.6 Å². The molecule has 1 fully saturated rings. The number of hydrogen-bond donors (Lipinski definition) is 0. The van der Waals surface area contributed by atoms with E-state index in [4.69, 9.17) is 9.97 Å². The minimum absolute atomic E-state index is 0. The number of anilines is 1. The zero-order chi connectivity index (χ0) is 19.0. The molecule has 0 bridgehead atoms. The van der Waals surface area contributed by atoms with Crippen LogP contribution in [0, 0.1) is 0 Å². The van der Waals surface area contributed by atoms with E-state index in [-0.39, 0.29) is 17.8 Å². The minimum Gasteiger partial charge on any atom is -0.353 e. The van der Waals surface area contributed by atoms with Crippen molar-refractivity contribution in [2.45, 2.75) is 58.4 Å². The number of hydrogen-bond acceptors (Lipinski definition) is 3. The van der Waals surface area contributed by atoms with Crippen molar-refractivity contribution in [1.29, 1.82) is 0 Å². The van der Waals surface area contributed by atoms with Crippen LogP contribution in [0.25, 0.3) is 22.3 Å². The predicted molar refractivity (Wildman–Crippen MR) is 122 cm³/mol. The highest BCUT2D eigenvalue weighted by molar-refractivity contribution is 5.91. The molecule has 1 atom stereocenters. The van der Waals surface area contributed by atoms with E-state index in [0.717, 1.165) is 34.7 Å². The van der Waals surface area contributed by atoms with Crippen molar-refractivity contribution >= 4 is 29.1 Å². The predicted octanol–water partition coefficient (Wildman–Crippen LogP) is 6.39. The number of nitrogens with zero attached hydrogens (tertiary/aromatic N) is 3. The minimum atomic E-state index is 0.